The molecule has 0 bridgehead atoms. The lowest BCUT2D eigenvalue weighted by Crippen LogP contribution is -2.52. The Labute approximate surface area is 149 Å². The van der Waals surface area contributed by atoms with Crippen molar-refractivity contribution in [2.45, 2.75) is 33.7 Å². The second kappa shape index (κ2) is 8.49. The Hall–Kier alpha value is -1.59. The molecule has 24 heavy (non-hydrogen) atoms. The summed E-state index contributed by atoms with van der Waals surface area (Å²) in [6, 6.07) is 5.99. The highest BCUT2D eigenvalue weighted by atomic mass is 35.5. The van der Waals surface area contributed by atoms with E-state index in [-0.39, 0.29) is 23.1 Å². The molecule has 0 aromatic heterocycles. The zero-order chi connectivity index (χ0) is 18.5. The monoisotopic (exact) mass is 353 g/mol. The zero-order valence-electron chi connectivity index (χ0n) is 15.1. The Bertz CT molecular complexity index is 570. The fourth-order valence-corrected chi connectivity index (χ4v) is 2.49. The smallest absolute Gasteiger partial charge is 0.251 e. The highest BCUT2D eigenvalue weighted by Crippen LogP contribution is 2.16. The fraction of sp³-hybridized carbons (Fsp3) is 0.556. The van der Waals surface area contributed by atoms with Crippen LogP contribution in [0.15, 0.2) is 24.3 Å². The molecule has 0 saturated heterocycles. The number of nitrogens with zero attached hydrogens (tertiary/aromatic N) is 1. The lowest BCUT2D eigenvalue weighted by molar-refractivity contribution is -0.134. The summed E-state index contributed by atoms with van der Waals surface area (Å²) in [7, 11) is 1.74. The molecule has 0 radical (unpaired) electrons. The molecule has 1 aromatic carbocycles. The maximum Gasteiger partial charge on any atom is 0.251 e. The van der Waals surface area contributed by atoms with Crippen molar-refractivity contribution in [1.82, 2.24) is 10.2 Å². The van der Waals surface area contributed by atoms with E-state index in [0.29, 0.717) is 23.7 Å². The van der Waals surface area contributed by atoms with Gasteiger partial charge in [-0.15, -0.1) is 0 Å². The summed E-state index contributed by atoms with van der Waals surface area (Å²) in [5.74, 6) is -0.434. The second-order valence-electron chi connectivity index (χ2n) is 7.26. The SMILES string of the molecule is CC(C)C(NC(=O)c1ccc(Cl)cc1)C(=O)N(C)CC(C)(C)CN. The number of halogens is 1. The average molecular weight is 354 g/mol. The molecule has 0 saturated carbocycles. The van der Waals surface area contributed by atoms with E-state index in [1.165, 1.54) is 0 Å². The second-order valence-corrected chi connectivity index (χ2v) is 7.70. The standard InChI is InChI=1S/C18H28ClN3O2/c1-12(2)15(17(24)22(5)11-18(3,4)10-20)21-16(23)13-6-8-14(19)9-7-13/h6-9,12,15H,10-11,20H2,1-5H3,(H,21,23). The van der Waals surface area contributed by atoms with E-state index in [1.807, 2.05) is 27.7 Å². The minimum atomic E-state index is -0.591. The van der Waals surface area contributed by atoms with E-state index in [4.69, 9.17) is 17.3 Å². The van der Waals surface area contributed by atoms with Gasteiger partial charge in [0.2, 0.25) is 5.91 Å². The third kappa shape index (κ3) is 5.80. The van der Waals surface area contributed by atoms with Gasteiger partial charge in [-0.05, 0) is 42.1 Å². The third-order valence-corrected chi connectivity index (χ3v) is 4.17. The van der Waals surface area contributed by atoms with Crippen LogP contribution in [0.1, 0.15) is 38.1 Å². The van der Waals surface area contributed by atoms with Crippen LogP contribution in [0.2, 0.25) is 5.02 Å². The number of benzene rings is 1. The molecule has 134 valence electrons. The van der Waals surface area contributed by atoms with Crippen molar-refractivity contribution in [3.05, 3.63) is 34.9 Å². The summed E-state index contributed by atoms with van der Waals surface area (Å²) in [4.78, 5) is 26.8. The maximum absolute atomic E-state index is 12.7. The first-order chi connectivity index (χ1) is 11.1. The van der Waals surface area contributed by atoms with Gasteiger partial charge in [0.1, 0.15) is 6.04 Å². The molecule has 0 aliphatic rings. The van der Waals surface area contributed by atoms with Crippen molar-refractivity contribution >= 4 is 23.4 Å². The van der Waals surface area contributed by atoms with Crippen LogP contribution in [0.5, 0.6) is 0 Å². The van der Waals surface area contributed by atoms with E-state index in [2.05, 4.69) is 5.32 Å². The molecule has 1 rings (SSSR count). The van der Waals surface area contributed by atoms with Gasteiger partial charge in [-0.25, -0.2) is 0 Å². The van der Waals surface area contributed by atoms with E-state index < -0.39 is 6.04 Å². The number of likely N-dealkylation sites (N-methyl/N-ethyl adjacent to an activating group) is 1. The molecule has 3 N–H and O–H groups in total. The minimum Gasteiger partial charge on any atom is -0.343 e. The van der Waals surface area contributed by atoms with E-state index in [0.717, 1.165) is 0 Å². The third-order valence-electron chi connectivity index (χ3n) is 3.92. The van der Waals surface area contributed by atoms with Crippen molar-refractivity contribution in [2.24, 2.45) is 17.1 Å². The van der Waals surface area contributed by atoms with Crippen molar-refractivity contribution in [3.63, 3.8) is 0 Å². The van der Waals surface area contributed by atoms with Gasteiger partial charge >= 0.3 is 0 Å². The van der Waals surface area contributed by atoms with E-state index in [9.17, 15) is 9.59 Å². The summed E-state index contributed by atoms with van der Waals surface area (Å²) in [5, 5.41) is 3.39. The van der Waals surface area contributed by atoms with Crippen molar-refractivity contribution in [2.75, 3.05) is 20.1 Å². The number of hydrogen-bond acceptors (Lipinski definition) is 3. The van der Waals surface area contributed by atoms with Crippen LogP contribution in [0, 0.1) is 11.3 Å². The number of hydrogen-bond donors (Lipinski definition) is 2. The molecule has 0 heterocycles. The Morgan fingerprint density at radius 1 is 1.25 bits per heavy atom. The number of nitrogens with one attached hydrogen (secondary N) is 1. The largest absolute Gasteiger partial charge is 0.343 e. The summed E-state index contributed by atoms with van der Waals surface area (Å²) in [6.45, 7) is 8.84. The first-order valence-corrected chi connectivity index (χ1v) is 8.46. The van der Waals surface area contributed by atoms with Crippen LogP contribution >= 0.6 is 11.6 Å². The summed E-state index contributed by atoms with van der Waals surface area (Å²) in [6.07, 6.45) is 0. The first-order valence-electron chi connectivity index (χ1n) is 8.09. The fourth-order valence-electron chi connectivity index (χ4n) is 2.36. The lowest BCUT2D eigenvalue weighted by atomic mass is 9.92. The first kappa shape index (κ1) is 20.5. The van der Waals surface area contributed by atoms with Crippen LogP contribution in [0.4, 0.5) is 0 Å². The van der Waals surface area contributed by atoms with Gasteiger partial charge in [0, 0.05) is 24.2 Å². The normalized spacial score (nSPS) is 12.8. The summed E-state index contributed by atoms with van der Waals surface area (Å²) >= 11 is 5.84. The molecular weight excluding hydrogens is 326 g/mol. The Morgan fingerprint density at radius 3 is 2.25 bits per heavy atom. The van der Waals surface area contributed by atoms with Gasteiger partial charge in [0.25, 0.3) is 5.91 Å². The van der Waals surface area contributed by atoms with Gasteiger partial charge in [0.05, 0.1) is 0 Å². The van der Waals surface area contributed by atoms with Crippen LogP contribution in [-0.4, -0.2) is 42.9 Å². The molecule has 0 fully saturated rings. The molecule has 2 amide bonds. The summed E-state index contributed by atoms with van der Waals surface area (Å²) < 4.78 is 0. The van der Waals surface area contributed by atoms with Crippen molar-refractivity contribution in [1.29, 1.82) is 0 Å². The molecule has 1 unspecified atom stereocenters. The van der Waals surface area contributed by atoms with Crippen LogP contribution in [-0.2, 0) is 4.79 Å². The van der Waals surface area contributed by atoms with Crippen LogP contribution in [0.3, 0.4) is 0 Å². The van der Waals surface area contributed by atoms with E-state index in [1.54, 1.807) is 36.2 Å². The number of rotatable bonds is 7. The molecule has 0 aliphatic heterocycles. The maximum atomic E-state index is 12.7. The van der Waals surface area contributed by atoms with Gasteiger partial charge in [-0.1, -0.05) is 39.3 Å². The Balaban J connectivity index is 2.84. The van der Waals surface area contributed by atoms with Crippen molar-refractivity contribution in [3.8, 4) is 0 Å². The Kier molecular flexibility index (Phi) is 7.24. The Morgan fingerprint density at radius 2 is 1.79 bits per heavy atom. The summed E-state index contributed by atoms with van der Waals surface area (Å²) in [5.41, 5.74) is 6.04. The topological polar surface area (TPSA) is 75.4 Å². The lowest BCUT2D eigenvalue weighted by Gasteiger charge is -2.32. The predicted molar refractivity (Wildman–Crippen MR) is 98.0 cm³/mol. The molecule has 0 spiro atoms. The van der Waals surface area contributed by atoms with Gasteiger partial charge in [-0.3, -0.25) is 9.59 Å². The number of carbonyl (C=O) groups is 2. The highest BCUT2D eigenvalue weighted by Gasteiger charge is 2.30. The zero-order valence-corrected chi connectivity index (χ0v) is 15.9. The molecule has 5 nitrogen and oxygen atoms in total. The quantitative estimate of drug-likeness (QED) is 0.791. The van der Waals surface area contributed by atoms with E-state index >= 15 is 0 Å². The number of carbonyl (C=O) groups excluding carboxylic acids is 2. The molecular formula is C18H28ClN3O2. The van der Waals surface area contributed by atoms with Crippen LogP contribution in [0.25, 0.3) is 0 Å². The van der Waals surface area contributed by atoms with Gasteiger partial charge in [0.15, 0.2) is 0 Å². The number of amides is 2. The van der Waals surface area contributed by atoms with Crippen LogP contribution < -0.4 is 11.1 Å². The molecule has 0 aliphatic carbocycles. The minimum absolute atomic E-state index is 0.0304. The highest BCUT2D eigenvalue weighted by molar-refractivity contribution is 6.30. The van der Waals surface area contributed by atoms with Gasteiger partial charge in [-0.2, -0.15) is 0 Å². The molecule has 1 aromatic rings. The van der Waals surface area contributed by atoms with Gasteiger partial charge < -0.3 is 16.0 Å². The number of nitrogens with two attached hydrogens (primary N) is 1. The average Bonchev–Trinajstić information content (AvgIpc) is 2.51. The molecule has 6 heteroatoms. The predicted octanol–water partition coefficient (Wildman–Crippen LogP) is 2.54. The molecule has 1 atom stereocenters. The van der Waals surface area contributed by atoms with Crippen molar-refractivity contribution < 1.29 is 9.59 Å².